The number of fused-ring (bicyclic) bond motifs is 1. The molecule has 34 heavy (non-hydrogen) atoms. The van der Waals surface area contributed by atoms with Crippen LogP contribution < -0.4 is 4.74 Å². The monoisotopic (exact) mass is 452 g/mol. The number of Topliss-reactive ketones (excluding diaryl/α,β-unsaturated/α-hetero) is 2. The summed E-state index contributed by atoms with van der Waals surface area (Å²) in [6.45, 7) is 2.98. The summed E-state index contributed by atoms with van der Waals surface area (Å²) in [5.41, 5.74) is 4.89. The Labute approximate surface area is 201 Å². The number of carbonyl (C=O) groups excluding carboxylic acids is 2. The lowest BCUT2D eigenvalue weighted by Crippen LogP contribution is -2.32. The van der Waals surface area contributed by atoms with Gasteiger partial charge in [0, 0.05) is 5.56 Å². The van der Waals surface area contributed by atoms with Crippen LogP contribution >= 0.6 is 0 Å². The first-order valence-electron chi connectivity index (χ1n) is 12.6. The summed E-state index contributed by atoms with van der Waals surface area (Å²) in [7, 11) is 1.80. The van der Waals surface area contributed by atoms with Crippen LogP contribution in [0.3, 0.4) is 0 Å². The van der Waals surface area contributed by atoms with Gasteiger partial charge in [0.05, 0.1) is 7.11 Å². The quantitative estimate of drug-likeness (QED) is 0.384. The Morgan fingerprint density at radius 2 is 1.44 bits per heavy atom. The molecule has 2 unspecified atom stereocenters. The van der Waals surface area contributed by atoms with E-state index in [1.165, 1.54) is 62.6 Å². The Bertz CT molecular complexity index is 1290. The first-order chi connectivity index (χ1) is 16.4. The van der Waals surface area contributed by atoms with Crippen molar-refractivity contribution in [3.63, 3.8) is 0 Å². The van der Waals surface area contributed by atoms with E-state index in [-0.39, 0.29) is 17.0 Å². The molecule has 3 heteroatoms. The maximum atomic E-state index is 12.0. The van der Waals surface area contributed by atoms with E-state index < -0.39 is 5.92 Å². The highest BCUT2D eigenvalue weighted by atomic mass is 16.5. The summed E-state index contributed by atoms with van der Waals surface area (Å²) in [5.74, 6) is 2.87. The van der Waals surface area contributed by atoms with E-state index in [1.807, 2.05) is 18.2 Å². The molecule has 4 saturated carbocycles. The first-order valence-corrected chi connectivity index (χ1v) is 12.6. The van der Waals surface area contributed by atoms with Crippen molar-refractivity contribution in [3.8, 4) is 16.9 Å². The van der Waals surface area contributed by atoms with E-state index in [2.05, 4.69) is 36.4 Å². The minimum Gasteiger partial charge on any atom is -0.496 e. The minimum absolute atomic E-state index is 0.108. The van der Waals surface area contributed by atoms with Crippen LogP contribution in [0.25, 0.3) is 21.9 Å². The lowest BCUT2D eigenvalue weighted by Gasteiger charge is -2.39. The van der Waals surface area contributed by atoms with Crippen LogP contribution in [0.1, 0.15) is 63.0 Å². The van der Waals surface area contributed by atoms with Crippen molar-refractivity contribution in [2.45, 2.75) is 57.3 Å². The third kappa shape index (κ3) is 3.32. The van der Waals surface area contributed by atoms with Crippen LogP contribution in [-0.4, -0.2) is 18.7 Å². The van der Waals surface area contributed by atoms with Crippen LogP contribution in [0.4, 0.5) is 0 Å². The van der Waals surface area contributed by atoms with Gasteiger partial charge in [0.25, 0.3) is 0 Å². The molecule has 7 rings (SSSR count). The van der Waals surface area contributed by atoms with Crippen molar-refractivity contribution in [1.82, 2.24) is 0 Å². The maximum absolute atomic E-state index is 12.0. The van der Waals surface area contributed by atoms with Gasteiger partial charge in [0.1, 0.15) is 23.2 Å². The number of ketones is 2. The molecule has 0 heterocycles. The number of benzene rings is 3. The molecule has 0 spiro atoms. The Balaban J connectivity index is 1.38. The molecule has 0 N–H and O–H groups in total. The fraction of sp³-hybridized carbons (Fsp3) is 0.419. The van der Waals surface area contributed by atoms with E-state index in [0.717, 1.165) is 39.8 Å². The average molecular weight is 453 g/mol. The molecule has 3 aromatic carbocycles. The standard InChI is InChI=1S/C31H32O3/c1-18(32)30(19(2)33)25-7-6-21-12-22(4-5-23(21)13-25)24-8-9-29(34-3)28(14-24)31-15-20-10-26(16-31)27(11-20)17-31/h4-9,12-14,20,26-27,30H,10-11,15-17H2,1-3H3. The molecule has 0 amide bonds. The summed E-state index contributed by atoms with van der Waals surface area (Å²) in [5, 5.41) is 2.16. The van der Waals surface area contributed by atoms with E-state index in [1.54, 1.807) is 7.11 Å². The van der Waals surface area contributed by atoms with Crippen LogP contribution in [0.5, 0.6) is 5.75 Å². The highest BCUT2D eigenvalue weighted by molar-refractivity contribution is 6.06. The molecule has 0 saturated heterocycles. The van der Waals surface area contributed by atoms with E-state index in [9.17, 15) is 9.59 Å². The topological polar surface area (TPSA) is 43.4 Å². The molecule has 4 fully saturated rings. The largest absolute Gasteiger partial charge is 0.496 e. The van der Waals surface area contributed by atoms with Crippen LogP contribution in [0.15, 0.2) is 54.6 Å². The van der Waals surface area contributed by atoms with Crippen LogP contribution in [-0.2, 0) is 15.0 Å². The molecule has 4 aliphatic rings. The highest BCUT2D eigenvalue weighted by Gasteiger charge is 2.57. The Kier molecular flexibility index (Phi) is 4.95. The van der Waals surface area contributed by atoms with Gasteiger partial charge in [0.2, 0.25) is 0 Å². The maximum Gasteiger partial charge on any atom is 0.144 e. The molecule has 174 valence electrons. The molecule has 0 aliphatic heterocycles. The van der Waals surface area contributed by atoms with Gasteiger partial charge in [-0.15, -0.1) is 0 Å². The van der Waals surface area contributed by atoms with E-state index in [0.29, 0.717) is 0 Å². The SMILES string of the molecule is COc1ccc(-c2ccc3cc(C(C(C)=O)C(C)=O)ccc3c2)cc1C12CC3CC(C1)C(C3)C2. The first kappa shape index (κ1) is 21.6. The predicted molar refractivity (Wildman–Crippen MR) is 135 cm³/mol. The minimum atomic E-state index is -0.676. The number of ether oxygens (including phenoxy) is 1. The van der Waals surface area contributed by atoms with Crippen molar-refractivity contribution in [2.24, 2.45) is 17.8 Å². The smallest absolute Gasteiger partial charge is 0.144 e. The zero-order chi connectivity index (χ0) is 23.6. The van der Waals surface area contributed by atoms with E-state index >= 15 is 0 Å². The summed E-state index contributed by atoms with van der Waals surface area (Å²) < 4.78 is 5.87. The normalized spacial score (nSPS) is 27.0. The zero-order valence-corrected chi connectivity index (χ0v) is 20.3. The van der Waals surface area contributed by atoms with Gasteiger partial charge in [-0.1, -0.05) is 30.3 Å². The third-order valence-electron chi connectivity index (χ3n) is 9.04. The van der Waals surface area contributed by atoms with Gasteiger partial charge in [0.15, 0.2) is 0 Å². The Morgan fingerprint density at radius 3 is 2.09 bits per heavy atom. The molecule has 2 atom stereocenters. The Morgan fingerprint density at radius 1 is 0.824 bits per heavy atom. The predicted octanol–water partition coefficient (Wildman–Crippen LogP) is 6.85. The summed E-state index contributed by atoms with van der Waals surface area (Å²) >= 11 is 0. The molecule has 0 aromatic heterocycles. The number of rotatable bonds is 6. The second-order valence-electron chi connectivity index (χ2n) is 11.1. The van der Waals surface area contributed by atoms with Crippen LogP contribution in [0.2, 0.25) is 0 Å². The van der Waals surface area contributed by atoms with Gasteiger partial charge < -0.3 is 4.74 Å². The third-order valence-corrected chi connectivity index (χ3v) is 9.04. The highest BCUT2D eigenvalue weighted by Crippen LogP contribution is 2.65. The number of methoxy groups -OCH3 is 1. The van der Waals surface area contributed by atoms with Crippen molar-refractivity contribution in [2.75, 3.05) is 7.11 Å². The molecular weight excluding hydrogens is 420 g/mol. The van der Waals surface area contributed by atoms with Crippen molar-refractivity contribution < 1.29 is 14.3 Å². The zero-order valence-electron chi connectivity index (χ0n) is 20.3. The van der Waals surface area contributed by atoms with Gasteiger partial charge in [-0.25, -0.2) is 0 Å². The second-order valence-corrected chi connectivity index (χ2v) is 11.1. The second kappa shape index (κ2) is 7.80. The van der Waals surface area contributed by atoms with Gasteiger partial charge >= 0.3 is 0 Å². The van der Waals surface area contributed by atoms with Crippen molar-refractivity contribution in [3.05, 3.63) is 65.7 Å². The lowest BCUT2D eigenvalue weighted by molar-refractivity contribution is -0.126. The fourth-order valence-electron chi connectivity index (χ4n) is 7.82. The van der Waals surface area contributed by atoms with Crippen molar-refractivity contribution in [1.29, 1.82) is 0 Å². The number of hydrogen-bond donors (Lipinski definition) is 0. The Hall–Kier alpha value is -2.94. The fourth-order valence-corrected chi connectivity index (χ4v) is 7.82. The lowest BCUT2D eigenvalue weighted by atomic mass is 9.65. The average Bonchev–Trinajstić information content (AvgIpc) is 3.24. The summed E-state index contributed by atoms with van der Waals surface area (Å²) in [6, 6.07) is 19.1. The molecule has 3 aromatic rings. The molecule has 0 radical (unpaired) electrons. The number of hydrogen-bond acceptors (Lipinski definition) is 3. The summed E-state index contributed by atoms with van der Waals surface area (Å²) in [6.07, 6.45) is 6.84. The molecular formula is C31H32O3. The van der Waals surface area contributed by atoms with Gasteiger partial charge in [-0.3, -0.25) is 9.59 Å². The molecule has 4 aliphatic carbocycles. The molecule has 4 bridgehead atoms. The van der Waals surface area contributed by atoms with Gasteiger partial charge in [-0.05, 0) is 121 Å². The summed E-state index contributed by atoms with van der Waals surface area (Å²) in [4.78, 5) is 24.0. The van der Waals surface area contributed by atoms with Crippen molar-refractivity contribution >= 4 is 22.3 Å². The van der Waals surface area contributed by atoms with Gasteiger partial charge in [-0.2, -0.15) is 0 Å². The molecule has 3 nitrogen and oxygen atoms in total. The van der Waals surface area contributed by atoms with Crippen LogP contribution in [0, 0.1) is 17.8 Å². The number of carbonyl (C=O) groups is 2. The van der Waals surface area contributed by atoms with E-state index in [4.69, 9.17) is 4.74 Å².